The molecule has 0 aliphatic rings. The predicted molar refractivity (Wildman–Crippen MR) is 83.0 cm³/mol. The number of hydrogen-bond acceptors (Lipinski definition) is 1. The highest BCUT2D eigenvalue weighted by molar-refractivity contribution is 6.12. The van der Waals surface area contributed by atoms with E-state index in [-0.39, 0.29) is 0 Å². The van der Waals surface area contributed by atoms with Crippen LogP contribution in [0.25, 0.3) is 33.2 Å². The Bertz CT molecular complexity index is 927. The van der Waals surface area contributed by atoms with Crippen LogP contribution in [0.4, 0.5) is 0 Å². The second-order valence-corrected chi connectivity index (χ2v) is 5.30. The normalized spacial score (nSPS) is 11.5. The predicted octanol–water partition coefficient (Wildman–Crippen LogP) is 5.20. The SMILES string of the molecule is Cc1cccc(-c2[nH]c(C)c3oc4ccccc4c23)c1. The molecule has 0 bridgehead atoms. The molecule has 0 spiro atoms. The van der Waals surface area contributed by atoms with Crippen LogP contribution in [0.5, 0.6) is 0 Å². The standard InChI is InChI=1S/C18H15NO/c1-11-6-5-7-13(10-11)17-16-14-8-3-4-9-15(14)20-18(16)12(2)19-17/h3-10,19H,1-2H3. The van der Waals surface area contributed by atoms with E-state index in [1.165, 1.54) is 21.9 Å². The Balaban J connectivity index is 2.14. The highest BCUT2D eigenvalue weighted by Crippen LogP contribution is 2.38. The van der Waals surface area contributed by atoms with Gasteiger partial charge in [0, 0.05) is 5.39 Å². The van der Waals surface area contributed by atoms with Crippen LogP contribution >= 0.6 is 0 Å². The topological polar surface area (TPSA) is 28.9 Å². The molecular formula is C18H15NO. The van der Waals surface area contributed by atoms with E-state index in [1.807, 2.05) is 12.1 Å². The molecule has 0 fully saturated rings. The molecule has 2 aromatic carbocycles. The lowest BCUT2D eigenvalue weighted by Crippen LogP contribution is -1.81. The molecule has 0 radical (unpaired) electrons. The monoisotopic (exact) mass is 261 g/mol. The van der Waals surface area contributed by atoms with Gasteiger partial charge in [0.25, 0.3) is 0 Å². The molecule has 0 amide bonds. The van der Waals surface area contributed by atoms with Crippen molar-refractivity contribution in [3.8, 4) is 11.3 Å². The maximum atomic E-state index is 5.98. The lowest BCUT2D eigenvalue weighted by molar-refractivity contribution is 0.665. The molecule has 4 aromatic rings. The Morgan fingerprint density at radius 3 is 2.65 bits per heavy atom. The van der Waals surface area contributed by atoms with Gasteiger partial charge in [-0.05, 0) is 31.5 Å². The molecule has 0 aliphatic carbocycles. The second kappa shape index (κ2) is 4.01. The van der Waals surface area contributed by atoms with E-state index in [0.29, 0.717) is 0 Å². The Kier molecular flexibility index (Phi) is 2.27. The van der Waals surface area contributed by atoms with Gasteiger partial charge in [-0.2, -0.15) is 0 Å². The Hall–Kier alpha value is -2.48. The average Bonchev–Trinajstić information content (AvgIpc) is 2.97. The number of benzene rings is 2. The smallest absolute Gasteiger partial charge is 0.156 e. The van der Waals surface area contributed by atoms with Gasteiger partial charge >= 0.3 is 0 Å². The number of fused-ring (bicyclic) bond motifs is 3. The maximum absolute atomic E-state index is 5.98. The second-order valence-electron chi connectivity index (χ2n) is 5.30. The summed E-state index contributed by atoms with van der Waals surface area (Å²) in [5.41, 5.74) is 6.59. The highest BCUT2D eigenvalue weighted by Gasteiger charge is 2.16. The minimum absolute atomic E-state index is 0.948. The fourth-order valence-corrected chi connectivity index (χ4v) is 2.88. The van der Waals surface area contributed by atoms with Crippen molar-refractivity contribution in [3.05, 3.63) is 59.8 Å². The van der Waals surface area contributed by atoms with E-state index in [1.54, 1.807) is 0 Å². The molecule has 20 heavy (non-hydrogen) atoms. The number of furan rings is 1. The summed E-state index contributed by atoms with van der Waals surface area (Å²) in [6.45, 7) is 4.17. The summed E-state index contributed by atoms with van der Waals surface area (Å²) in [7, 11) is 0. The third-order valence-electron chi connectivity index (χ3n) is 3.81. The zero-order valence-corrected chi connectivity index (χ0v) is 11.5. The summed E-state index contributed by atoms with van der Waals surface area (Å²) in [6.07, 6.45) is 0. The van der Waals surface area contributed by atoms with Crippen LogP contribution in [-0.4, -0.2) is 4.98 Å². The van der Waals surface area contributed by atoms with Crippen LogP contribution in [0, 0.1) is 13.8 Å². The molecule has 2 heteroatoms. The van der Waals surface area contributed by atoms with E-state index in [4.69, 9.17) is 4.42 Å². The van der Waals surface area contributed by atoms with Crippen LogP contribution in [0.2, 0.25) is 0 Å². The van der Waals surface area contributed by atoms with Crippen LogP contribution in [0.3, 0.4) is 0 Å². The fourth-order valence-electron chi connectivity index (χ4n) is 2.88. The third-order valence-corrected chi connectivity index (χ3v) is 3.81. The number of nitrogens with one attached hydrogen (secondary N) is 1. The first-order valence-electron chi connectivity index (χ1n) is 6.81. The van der Waals surface area contributed by atoms with Crippen molar-refractivity contribution < 1.29 is 4.42 Å². The van der Waals surface area contributed by atoms with Gasteiger partial charge in [0.15, 0.2) is 5.58 Å². The lowest BCUT2D eigenvalue weighted by atomic mass is 10.1. The number of hydrogen-bond donors (Lipinski definition) is 1. The molecule has 0 saturated heterocycles. The van der Waals surface area contributed by atoms with Crippen LogP contribution < -0.4 is 0 Å². The van der Waals surface area contributed by atoms with E-state index in [0.717, 1.165) is 22.6 Å². The summed E-state index contributed by atoms with van der Waals surface area (Å²) >= 11 is 0. The minimum Gasteiger partial charge on any atom is -0.454 e. The summed E-state index contributed by atoms with van der Waals surface area (Å²) in [5, 5.41) is 2.35. The molecule has 0 aliphatic heterocycles. The fraction of sp³-hybridized carbons (Fsp3) is 0.111. The van der Waals surface area contributed by atoms with Crippen molar-refractivity contribution in [2.45, 2.75) is 13.8 Å². The number of rotatable bonds is 1. The number of H-pyrrole nitrogens is 1. The van der Waals surface area contributed by atoms with Crippen LogP contribution in [0.1, 0.15) is 11.3 Å². The molecule has 2 heterocycles. The first-order chi connectivity index (χ1) is 9.74. The molecule has 4 rings (SSSR count). The van der Waals surface area contributed by atoms with Crippen molar-refractivity contribution in [1.29, 1.82) is 0 Å². The molecule has 2 aromatic heterocycles. The number of aryl methyl sites for hydroxylation is 2. The van der Waals surface area contributed by atoms with Gasteiger partial charge < -0.3 is 9.40 Å². The van der Waals surface area contributed by atoms with Crippen LogP contribution in [0.15, 0.2) is 52.9 Å². The maximum Gasteiger partial charge on any atom is 0.156 e. The van der Waals surface area contributed by atoms with Gasteiger partial charge in [-0.1, -0.05) is 42.0 Å². The van der Waals surface area contributed by atoms with E-state index < -0.39 is 0 Å². The quantitative estimate of drug-likeness (QED) is 0.501. The van der Waals surface area contributed by atoms with E-state index >= 15 is 0 Å². The number of aromatic nitrogens is 1. The first-order valence-corrected chi connectivity index (χ1v) is 6.81. The summed E-state index contributed by atoms with van der Waals surface area (Å²) in [6, 6.07) is 16.8. The zero-order valence-electron chi connectivity index (χ0n) is 11.5. The van der Waals surface area contributed by atoms with Crippen molar-refractivity contribution in [3.63, 3.8) is 0 Å². The number of para-hydroxylation sites is 1. The van der Waals surface area contributed by atoms with Crippen molar-refractivity contribution in [1.82, 2.24) is 4.98 Å². The van der Waals surface area contributed by atoms with Gasteiger partial charge in [0.2, 0.25) is 0 Å². The van der Waals surface area contributed by atoms with Gasteiger partial charge in [0.1, 0.15) is 5.58 Å². The third kappa shape index (κ3) is 1.51. The highest BCUT2D eigenvalue weighted by atomic mass is 16.3. The lowest BCUT2D eigenvalue weighted by Gasteiger charge is -2.01. The largest absolute Gasteiger partial charge is 0.454 e. The Morgan fingerprint density at radius 2 is 1.80 bits per heavy atom. The number of aromatic amines is 1. The zero-order chi connectivity index (χ0) is 13.7. The minimum atomic E-state index is 0.948. The molecule has 0 saturated carbocycles. The molecule has 2 nitrogen and oxygen atoms in total. The van der Waals surface area contributed by atoms with E-state index in [2.05, 4.69) is 55.2 Å². The molecule has 1 N–H and O–H groups in total. The van der Waals surface area contributed by atoms with Gasteiger partial charge in [-0.25, -0.2) is 0 Å². The molecular weight excluding hydrogens is 246 g/mol. The van der Waals surface area contributed by atoms with Gasteiger partial charge in [-0.3, -0.25) is 0 Å². The van der Waals surface area contributed by atoms with Crippen molar-refractivity contribution in [2.75, 3.05) is 0 Å². The summed E-state index contributed by atoms with van der Waals surface area (Å²) in [5.74, 6) is 0. The van der Waals surface area contributed by atoms with Crippen molar-refractivity contribution in [2.24, 2.45) is 0 Å². The van der Waals surface area contributed by atoms with Gasteiger partial charge in [0.05, 0.1) is 16.8 Å². The summed E-state index contributed by atoms with van der Waals surface area (Å²) in [4.78, 5) is 3.47. The van der Waals surface area contributed by atoms with Crippen molar-refractivity contribution >= 4 is 21.9 Å². The van der Waals surface area contributed by atoms with Gasteiger partial charge in [-0.15, -0.1) is 0 Å². The van der Waals surface area contributed by atoms with Crippen LogP contribution in [-0.2, 0) is 0 Å². The Morgan fingerprint density at radius 1 is 0.950 bits per heavy atom. The first kappa shape index (κ1) is 11.4. The van der Waals surface area contributed by atoms with E-state index in [9.17, 15) is 0 Å². The summed E-state index contributed by atoms with van der Waals surface area (Å²) < 4.78 is 5.98. The molecule has 0 atom stereocenters. The molecule has 0 unspecified atom stereocenters. The average molecular weight is 261 g/mol. The Labute approximate surface area is 117 Å². The molecule has 98 valence electrons.